The molecular formula is C47H33N5. The molecule has 0 unspecified atom stereocenters. The maximum Gasteiger partial charge on any atom is 0.165 e. The van der Waals surface area contributed by atoms with E-state index in [-0.39, 0.29) is 0 Å². The number of benzene rings is 5. The molecule has 5 heteroatoms. The van der Waals surface area contributed by atoms with Crippen molar-refractivity contribution in [3.8, 4) is 33.5 Å². The number of nitrogens with zero attached hydrogens (tertiary/aromatic N) is 5. The SMILES string of the molecule is C=N/C(=C1/C=CC=C/C1=N/Cc1ccc(-c2ccc(-c3nc4c(nc5ccccn54)c4ccccc34)cc2)cc1)c1cccc(-c2ccccc2)c1. The van der Waals surface area contributed by atoms with E-state index in [0.29, 0.717) is 6.54 Å². The van der Waals surface area contributed by atoms with E-state index in [4.69, 9.17) is 15.0 Å². The predicted octanol–water partition coefficient (Wildman–Crippen LogP) is 11.2. The lowest BCUT2D eigenvalue weighted by Gasteiger charge is -2.13. The molecule has 9 rings (SSSR count). The molecule has 0 aliphatic heterocycles. The lowest BCUT2D eigenvalue weighted by atomic mass is 9.96. The van der Waals surface area contributed by atoms with Gasteiger partial charge in [-0.2, -0.15) is 0 Å². The van der Waals surface area contributed by atoms with Gasteiger partial charge in [0, 0.05) is 33.7 Å². The van der Waals surface area contributed by atoms with Crippen molar-refractivity contribution in [2.45, 2.75) is 6.54 Å². The lowest BCUT2D eigenvalue weighted by molar-refractivity contribution is 1.07. The van der Waals surface area contributed by atoms with Crippen LogP contribution in [-0.2, 0) is 6.54 Å². The number of allylic oxidation sites excluding steroid dienone is 5. The molecule has 8 aromatic rings. The molecule has 3 aromatic heterocycles. The molecule has 5 aromatic carbocycles. The van der Waals surface area contributed by atoms with Gasteiger partial charge >= 0.3 is 0 Å². The number of aromatic nitrogens is 3. The minimum absolute atomic E-state index is 0.551. The molecule has 5 nitrogen and oxygen atoms in total. The topological polar surface area (TPSA) is 54.9 Å². The largest absolute Gasteiger partial charge is 0.284 e. The van der Waals surface area contributed by atoms with Gasteiger partial charge in [-0.25, -0.2) is 9.97 Å². The van der Waals surface area contributed by atoms with Crippen molar-refractivity contribution in [2.24, 2.45) is 9.98 Å². The number of fused-ring (bicyclic) bond motifs is 5. The van der Waals surface area contributed by atoms with Gasteiger partial charge in [0.25, 0.3) is 0 Å². The number of aliphatic imine (C=N–C) groups is 2. The Labute approximate surface area is 302 Å². The Morgan fingerprint density at radius 2 is 1.27 bits per heavy atom. The van der Waals surface area contributed by atoms with Crippen molar-refractivity contribution in [2.75, 3.05) is 0 Å². The van der Waals surface area contributed by atoms with Crippen molar-refractivity contribution in [1.29, 1.82) is 0 Å². The highest BCUT2D eigenvalue weighted by Crippen LogP contribution is 2.34. The Morgan fingerprint density at radius 3 is 2.08 bits per heavy atom. The third-order valence-electron chi connectivity index (χ3n) is 9.60. The fourth-order valence-corrected chi connectivity index (χ4v) is 6.97. The maximum absolute atomic E-state index is 5.16. The highest BCUT2D eigenvalue weighted by Gasteiger charge is 2.16. The second kappa shape index (κ2) is 13.4. The number of hydrogen-bond donors (Lipinski definition) is 0. The molecule has 52 heavy (non-hydrogen) atoms. The molecule has 0 spiro atoms. The van der Waals surface area contributed by atoms with Gasteiger partial charge in [0.15, 0.2) is 5.65 Å². The van der Waals surface area contributed by atoms with Gasteiger partial charge in [-0.15, -0.1) is 0 Å². The molecule has 246 valence electrons. The van der Waals surface area contributed by atoms with Crippen LogP contribution in [0.4, 0.5) is 0 Å². The molecule has 0 amide bonds. The zero-order valence-corrected chi connectivity index (χ0v) is 28.4. The summed E-state index contributed by atoms with van der Waals surface area (Å²) in [6, 6.07) is 50.6. The zero-order chi connectivity index (χ0) is 34.9. The van der Waals surface area contributed by atoms with Crippen molar-refractivity contribution >= 4 is 45.7 Å². The average molecular weight is 668 g/mol. The summed E-state index contributed by atoms with van der Waals surface area (Å²) < 4.78 is 2.06. The van der Waals surface area contributed by atoms with Gasteiger partial charge in [0.2, 0.25) is 0 Å². The maximum atomic E-state index is 5.16. The van der Waals surface area contributed by atoms with E-state index >= 15 is 0 Å². The van der Waals surface area contributed by atoms with Crippen LogP contribution in [0.15, 0.2) is 192 Å². The second-order valence-corrected chi connectivity index (χ2v) is 12.8. The van der Waals surface area contributed by atoms with E-state index in [1.54, 1.807) is 0 Å². The molecule has 0 N–H and O–H groups in total. The first-order chi connectivity index (χ1) is 25.7. The number of rotatable bonds is 7. The third-order valence-corrected chi connectivity index (χ3v) is 9.60. The fraction of sp³-hybridized carbons (Fsp3) is 0.0213. The van der Waals surface area contributed by atoms with Gasteiger partial charge in [0.05, 0.1) is 23.6 Å². The lowest BCUT2D eigenvalue weighted by Crippen LogP contribution is -2.04. The first-order valence-electron chi connectivity index (χ1n) is 17.4. The summed E-state index contributed by atoms with van der Waals surface area (Å²) in [5.74, 6) is 0. The van der Waals surface area contributed by atoms with E-state index in [0.717, 1.165) is 89.2 Å². The number of imidazole rings is 1. The molecule has 1 aliphatic rings. The van der Waals surface area contributed by atoms with Crippen LogP contribution < -0.4 is 0 Å². The Bertz CT molecular complexity index is 2750. The molecule has 0 saturated carbocycles. The van der Waals surface area contributed by atoms with Crippen molar-refractivity contribution < 1.29 is 0 Å². The fourth-order valence-electron chi connectivity index (χ4n) is 6.97. The second-order valence-electron chi connectivity index (χ2n) is 12.8. The van der Waals surface area contributed by atoms with E-state index in [2.05, 4.69) is 144 Å². The molecule has 0 atom stereocenters. The molecule has 3 heterocycles. The van der Waals surface area contributed by atoms with Crippen molar-refractivity contribution in [1.82, 2.24) is 14.4 Å². The predicted molar refractivity (Wildman–Crippen MR) is 217 cm³/mol. The van der Waals surface area contributed by atoms with Gasteiger partial charge in [-0.05, 0) is 58.8 Å². The smallest absolute Gasteiger partial charge is 0.165 e. The summed E-state index contributed by atoms with van der Waals surface area (Å²) in [7, 11) is 0. The van der Waals surface area contributed by atoms with E-state index in [1.165, 1.54) is 0 Å². The molecule has 0 radical (unpaired) electrons. The summed E-state index contributed by atoms with van der Waals surface area (Å²) in [6.45, 7) is 4.49. The Balaban J connectivity index is 0.974. The number of pyridine rings is 2. The van der Waals surface area contributed by atoms with Crippen molar-refractivity contribution in [3.05, 3.63) is 193 Å². The normalized spacial score (nSPS) is 14.4. The van der Waals surface area contributed by atoms with E-state index < -0.39 is 0 Å². The monoisotopic (exact) mass is 667 g/mol. The van der Waals surface area contributed by atoms with Crippen LogP contribution in [0.2, 0.25) is 0 Å². The van der Waals surface area contributed by atoms with Gasteiger partial charge < -0.3 is 0 Å². The quantitative estimate of drug-likeness (QED) is 0.159. The first kappa shape index (κ1) is 31.0. The van der Waals surface area contributed by atoms with Crippen LogP contribution in [0.5, 0.6) is 0 Å². The minimum Gasteiger partial charge on any atom is -0.284 e. The Hall–Kier alpha value is -6.98. The zero-order valence-electron chi connectivity index (χ0n) is 28.4. The van der Waals surface area contributed by atoms with Crippen LogP contribution in [0, 0.1) is 0 Å². The van der Waals surface area contributed by atoms with Gasteiger partial charge in [-0.3, -0.25) is 14.4 Å². The minimum atomic E-state index is 0.551. The summed E-state index contributed by atoms with van der Waals surface area (Å²) in [5.41, 5.74) is 14.1. The van der Waals surface area contributed by atoms with E-state index in [9.17, 15) is 0 Å². The van der Waals surface area contributed by atoms with Crippen LogP contribution in [0.1, 0.15) is 11.1 Å². The van der Waals surface area contributed by atoms with E-state index in [1.807, 2.05) is 48.7 Å². The first-order valence-corrected chi connectivity index (χ1v) is 17.4. The van der Waals surface area contributed by atoms with Crippen LogP contribution in [-0.4, -0.2) is 26.8 Å². The summed E-state index contributed by atoms with van der Waals surface area (Å²) in [4.78, 5) is 19.6. The van der Waals surface area contributed by atoms with Crippen LogP contribution in [0.25, 0.3) is 66.8 Å². The molecular weight excluding hydrogens is 635 g/mol. The molecule has 0 bridgehead atoms. The average Bonchev–Trinajstić information content (AvgIpc) is 3.60. The van der Waals surface area contributed by atoms with Crippen LogP contribution in [0.3, 0.4) is 0 Å². The molecule has 0 fully saturated rings. The summed E-state index contributed by atoms with van der Waals surface area (Å²) in [6.07, 6.45) is 10.2. The number of hydrogen-bond acceptors (Lipinski definition) is 4. The van der Waals surface area contributed by atoms with Gasteiger partial charge in [-0.1, -0.05) is 146 Å². The summed E-state index contributed by atoms with van der Waals surface area (Å²) >= 11 is 0. The molecule has 1 aliphatic carbocycles. The highest BCUT2D eigenvalue weighted by molar-refractivity contribution is 6.16. The van der Waals surface area contributed by atoms with Crippen LogP contribution >= 0.6 is 0 Å². The third kappa shape index (κ3) is 5.74. The highest BCUT2D eigenvalue weighted by atomic mass is 15.1. The Morgan fingerprint density at radius 1 is 0.596 bits per heavy atom. The van der Waals surface area contributed by atoms with Gasteiger partial charge in [0.1, 0.15) is 11.2 Å². The Kier molecular flexibility index (Phi) is 7.99. The standard InChI is InChI=1S/C47H33N5/c1-48-44(38-15-11-14-37(30-38)33-12-3-2-4-13-33)41-18-7-8-19-42(41)49-31-32-21-23-34(24-22-32)35-25-27-36(28-26-35)45-39-16-5-6-17-40(39)46-47(51-45)52-29-10-9-20-43(52)50-46/h2-30H,1,31H2/b44-41-,49-42-. The van der Waals surface area contributed by atoms with Crippen molar-refractivity contribution in [3.63, 3.8) is 0 Å². The summed E-state index contributed by atoms with van der Waals surface area (Å²) in [5, 5.41) is 2.20. The molecule has 0 saturated heterocycles.